The van der Waals surface area contributed by atoms with E-state index < -0.39 is 0 Å². The molecule has 2 aliphatic rings. The maximum absolute atomic E-state index is 12.2. The van der Waals surface area contributed by atoms with E-state index >= 15 is 0 Å². The number of H-pyrrole nitrogens is 1. The van der Waals surface area contributed by atoms with Crippen molar-refractivity contribution in [3.8, 4) is 0 Å². The van der Waals surface area contributed by atoms with Crippen molar-refractivity contribution in [1.82, 2.24) is 15.3 Å². The Bertz CT molecular complexity index is 489. The maximum Gasteiger partial charge on any atom is 0.255 e. The Hall–Kier alpha value is -1.36. The zero-order chi connectivity index (χ0) is 13.1. The summed E-state index contributed by atoms with van der Waals surface area (Å²) < 4.78 is 0. The van der Waals surface area contributed by atoms with Crippen LogP contribution in [-0.4, -0.2) is 36.1 Å². The Balaban J connectivity index is 1.92. The quantitative estimate of drug-likeness (QED) is 0.787. The van der Waals surface area contributed by atoms with E-state index in [1.54, 1.807) is 0 Å². The smallest absolute Gasteiger partial charge is 0.255 e. The Morgan fingerprint density at radius 3 is 2.53 bits per heavy atom. The first kappa shape index (κ1) is 12.7. The van der Waals surface area contributed by atoms with Gasteiger partial charge in [0.15, 0.2) is 0 Å². The summed E-state index contributed by atoms with van der Waals surface area (Å²) in [6.45, 7) is 3.82. The number of fused-ring (bicyclic) bond motifs is 1. The highest BCUT2D eigenvalue weighted by atomic mass is 16.1. The van der Waals surface area contributed by atoms with Crippen molar-refractivity contribution in [1.29, 1.82) is 0 Å². The van der Waals surface area contributed by atoms with Crippen molar-refractivity contribution in [2.24, 2.45) is 0 Å². The van der Waals surface area contributed by atoms with Crippen LogP contribution in [-0.2, 0) is 12.8 Å². The topological polar surface area (TPSA) is 61.0 Å². The minimum absolute atomic E-state index is 0.0629. The summed E-state index contributed by atoms with van der Waals surface area (Å²) in [5.74, 6) is 0.785. The molecule has 0 aromatic carbocycles. The van der Waals surface area contributed by atoms with Crippen molar-refractivity contribution >= 4 is 5.95 Å². The first-order valence-electron chi connectivity index (χ1n) is 7.42. The van der Waals surface area contributed by atoms with Crippen LogP contribution in [0, 0.1) is 0 Å². The summed E-state index contributed by atoms with van der Waals surface area (Å²) in [5, 5.41) is 3.32. The average Bonchev–Trinajstić information content (AvgIpc) is 2.81. The highest BCUT2D eigenvalue weighted by Gasteiger charge is 2.17. The van der Waals surface area contributed by atoms with E-state index in [-0.39, 0.29) is 5.56 Å². The van der Waals surface area contributed by atoms with Gasteiger partial charge in [0.2, 0.25) is 5.95 Å². The molecule has 0 bridgehead atoms. The van der Waals surface area contributed by atoms with Gasteiger partial charge >= 0.3 is 0 Å². The number of anilines is 1. The van der Waals surface area contributed by atoms with Crippen molar-refractivity contribution < 1.29 is 0 Å². The van der Waals surface area contributed by atoms with E-state index in [1.165, 1.54) is 25.7 Å². The predicted octanol–water partition coefficient (Wildman–Crippen LogP) is 0.838. The van der Waals surface area contributed by atoms with E-state index in [2.05, 4.69) is 15.2 Å². The molecule has 2 aliphatic heterocycles. The molecular formula is C14H22N4O. The minimum Gasteiger partial charge on any atom is -0.342 e. The van der Waals surface area contributed by atoms with Crippen LogP contribution in [0.15, 0.2) is 4.79 Å². The highest BCUT2D eigenvalue weighted by Crippen LogP contribution is 2.16. The molecule has 0 saturated carbocycles. The second-order valence-corrected chi connectivity index (χ2v) is 5.47. The molecule has 5 heteroatoms. The largest absolute Gasteiger partial charge is 0.342 e. The number of aromatic amines is 1. The first-order valence-corrected chi connectivity index (χ1v) is 7.42. The molecule has 1 aromatic rings. The van der Waals surface area contributed by atoms with Crippen LogP contribution in [0.2, 0.25) is 0 Å². The van der Waals surface area contributed by atoms with Gasteiger partial charge in [-0.05, 0) is 25.8 Å². The van der Waals surface area contributed by atoms with Gasteiger partial charge in [-0.15, -0.1) is 0 Å². The Labute approximate surface area is 113 Å². The average molecular weight is 262 g/mol. The molecule has 0 atom stereocenters. The summed E-state index contributed by atoms with van der Waals surface area (Å²) in [5.41, 5.74) is 1.93. The molecule has 0 aliphatic carbocycles. The molecule has 2 N–H and O–H groups in total. The fraction of sp³-hybridized carbons (Fsp3) is 0.714. The molecule has 3 heterocycles. The van der Waals surface area contributed by atoms with Gasteiger partial charge in [-0.1, -0.05) is 12.8 Å². The van der Waals surface area contributed by atoms with Gasteiger partial charge in [0.25, 0.3) is 5.56 Å². The van der Waals surface area contributed by atoms with E-state index in [0.717, 1.165) is 56.2 Å². The highest BCUT2D eigenvalue weighted by molar-refractivity contribution is 5.34. The number of nitrogens with one attached hydrogen (secondary N) is 2. The van der Waals surface area contributed by atoms with E-state index in [1.807, 2.05) is 0 Å². The fourth-order valence-electron chi connectivity index (χ4n) is 2.97. The van der Waals surface area contributed by atoms with Crippen LogP contribution < -0.4 is 15.8 Å². The molecule has 0 spiro atoms. The standard InChI is InChI=1S/C14H22N4O/c19-13-11-5-7-15-8-6-12(11)16-14(17-13)18-9-3-1-2-4-10-18/h15H,1-10H2,(H,16,17,19). The Morgan fingerprint density at radius 2 is 1.74 bits per heavy atom. The minimum atomic E-state index is 0.0629. The van der Waals surface area contributed by atoms with Gasteiger partial charge in [0.1, 0.15) is 0 Å². The van der Waals surface area contributed by atoms with Crippen LogP contribution in [0.5, 0.6) is 0 Å². The molecule has 104 valence electrons. The number of rotatable bonds is 1. The van der Waals surface area contributed by atoms with Crippen molar-refractivity contribution in [3.05, 3.63) is 21.6 Å². The Kier molecular flexibility index (Phi) is 3.82. The number of hydrogen-bond donors (Lipinski definition) is 2. The van der Waals surface area contributed by atoms with Crippen LogP contribution in [0.3, 0.4) is 0 Å². The van der Waals surface area contributed by atoms with Gasteiger partial charge in [0.05, 0.1) is 5.69 Å². The van der Waals surface area contributed by atoms with Gasteiger partial charge in [-0.25, -0.2) is 4.98 Å². The lowest BCUT2D eigenvalue weighted by Gasteiger charge is -2.21. The SMILES string of the molecule is O=c1[nH]c(N2CCCCCC2)nc2c1CCNCC2. The van der Waals surface area contributed by atoms with Gasteiger partial charge in [-0.3, -0.25) is 9.78 Å². The van der Waals surface area contributed by atoms with Crippen LogP contribution in [0.25, 0.3) is 0 Å². The van der Waals surface area contributed by atoms with Crippen molar-refractivity contribution in [3.63, 3.8) is 0 Å². The maximum atomic E-state index is 12.2. The van der Waals surface area contributed by atoms with E-state index in [4.69, 9.17) is 4.98 Å². The zero-order valence-electron chi connectivity index (χ0n) is 11.4. The number of hydrogen-bond acceptors (Lipinski definition) is 4. The van der Waals surface area contributed by atoms with Gasteiger partial charge < -0.3 is 10.2 Å². The number of aromatic nitrogens is 2. The monoisotopic (exact) mass is 262 g/mol. The second kappa shape index (κ2) is 5.74. The molecule has 1 aromatic heterocycles. The van der Waals surface area contributed by atoms with Gasteiger partial charge in [-0.2, -0.15) is 0 Å². The zero-order valence-corrected chi connectivity index (χ0v) is 11.4. The molecular weight excluding hydrogens is 240 g/mol. The summed E-state index contributed by atoms with van der Waals surface area (Å²) >= 11 is 0. The lowest BCUT2D eigenvalue weighted by molar-refractivity contribution is 0.707. The number of nitrogens with zero attached hydrogens (tertiary/aromatic N) is 2. The predicted molar refractivity (Wildman–Crippen MR) is 75.8 cm³/mol. The van der Waals surface area contributed by atoms with Crippen molar-refractivity contribution in [2.45, 2.75) is 38.5 Å². The molecule has 1 saturated heterocycles. The molecule has 3 rings (SSSR count). The molecule has 19 heavy (non-hydrogen) atoms. The van der Waals surface area contributed by atoms with Crippen LogP contribution >= 0.6 is 0 Å². The van der Waals surface area contributed by atoms with E-state index in [0.29, 0.717) is 0 Å². The van der Waals surface area contributed by atoms with E-state index in [9.17, 15) is 4.79 Å². The van der Waals surface area contributed by atoms with Crippen LogP contribution in [0.1, 0.15) is 36.9 Å². The lowest BCUT2D eigenvalue weighted by Crippen LogP contribution is -2.30. The molecule has 0 radical (unpaired) electrons. The third kappa shape index (κ3) is 2.81. The summed E-state index contributed by atoms with van der Waals surface area (Å²) in [7, 11) is 0. The third-order valence-corrected chi connectivity index (χ3v) is 4.08. The molecule has 1 fully saturated rings. The molecule has 0 unspecified atom stereocenters. The second-order valence-electron chi connectivity index (χ2n) is 5.47. The lowest BCUT2D eigenvalue weighted by atomic mass is 10.1. The van der Waals surface area contributed by atoms with Crippen LogP contribution in [0.4, 0.5) is 5.95 Å². The summed E-state index contributed by atoms with van der Waals surface area (Å²) in [6, 6.07) is 0. The normalized spacial score (nSPS) is 20.5. The summed E-state index contributed by atoms with van der Waals surface area (Å²) in [6.07, 6.45) is 6.62. The van der Waals surface area contributed by atoms with Gasteiger partial charge in [0, 0.05) is 31.6 Å². The molecule has 5 nitrogen and oxygen atoms in total. The first-order chi connectivity index (χ1) is 9.34. The Morgan fingerprint density at radius 1 is 1.00 bits per heavy atom. The molecule has 0 amide bonds. The summed E-state index contributed by atoms with van der Waals surface area (Å²) in [4.78, 5) is 22.2. The third-order valence-electron chi connectivity index (χ3n) is 4.08. The van der Waals surface area contributed by atoms with Crippen molar-refractivity contribution in [2.75, 3.05) is 31.1 Å². The fourth-order valence-corrected chi connectivity index (χ4v) is 2.97.